The number of benzene rings is 3. The number of aryl methyl sites for hydroxylation is 1. The van der Waals surface area contributed by atoms with Crippen LogP contribution in [0.4, 0.5) is 10.1 Å². The van der Waals surface area contributed by atoms with Gasteiger partial charge in [-0.1, -0.05) is 41.9 Å². The highest BCUT2D eigenvalue weighted by atomic mass is 35.5. The van der Waals surface area contributed by atoms with Gasteiger partial charge in [0.25, 0.3) is 0 Å². The molecule has 0 bridgehead atoms. The highest BCUT2D eigenvalue weighted by Crippen LogP contribution is 2.36. The molecule has 3 aromatic carbocycles. The van der Waals surface area contributed by atoms with Crippen molar-refractivity contribution in [3.8, 4) is 0 Å². The first-order chi connectivity index (χ1) is 15.4. The average molecular weight is 448 g/mol. The number of rotatable bonds is 4. The van der Waals surface area contributed by atoms with Crippen molar-refractivity contribution in [3.05, 3.63) is 94.0 Å². The van der Waals surface area contributed by atoms with Crippen LogP contribution in [0.3, 0.4) is 0 Å². The minimum absolute atomic E-state index is 0.0752. The summed E-state index contributed by atoms with van der Waals surface area (Å²) in [6, 6.07) is 18.5. The van der Waals surface area contributed by atoms with Gasteiger partial charge in [-0.25, -0.2) is 9.37 Å². The van der Waals surface area contributed by atoms with Crippen molar-refractivity contribution < 1.29 is 9.18 Å². The predicted molar refractivity (Wildman–Crippen MR) is 126 cm³/mol. The normalized spacial score (nSPS) is 16.3. The zero-order chi connectivity index (χ0) is 22.4. The molecular formula is C26H23ClFN3O. The number of imidazole rings is 1. The lowest BCUT2D eigenvalue weighted by Gasteiger charge is -2.20. The number of hydrogen-bond acceptors (Lipinski definition) is 2. The number of nitrogens with zero attached hydrogens (tertiary/aromatic N) is 3. The maximum Gasteiger partial charge on any atom is 0.227 e. The van der Waals surface area contributed by atoms with Crippen molar-refractivity contribution in [1.82, 2.24) is 9.55 Å². The number of carbonyl (C=O) groups excluding carboxylic acids is 1. The molecule has 1 aliphatic rings. The summed E-state index contributed by atoms with van der Waals surface area (Å²) in [7, 11) is 0. The summed E-state index contributed by atoms with van der Waals surface area (Å²) in [6.07, 6.45) is 0.363. The molecule has 5 rings (SSSR count). The Balaban J connectivity index is 1.57. The molecule has 4 nitrogen and oxygen atoms in total. The summed E-state index contributed by atoms with van der Waals surface area (Å²) in [5.74, 6) is 0.416. The standard InChI is InChI=1S/C26H23ClFN3O/c1-16-7-5-12-23(17(16)2)30-14-18(13-25(30)32)26-29-22-10-3-4-11-24(22)31(26)15-19-20(27)8-6-9-21(19)28/h3-12,18H,13-15H2,1-2H3. The molecule has 1 atom stereocenters. The molecule has 162 valence electrons. The van der Waals surface area contributed by atoms with Gasteiger partial charge >= 0.3 is 0 Å². The Bertz CT molecular complexity index is 1330. The number of aromatic nitrogens is 2. The smallest absolute Gasteiger partial charge is 0.227 e. The molecule has 6 heteroatoms. The van der Waals surface area contributed by atoms with E-state index in [0.29, 0.717) is 23.6 Å². The van der Waals surface area contributed by atoms with Crippen LogP contribution in [0.25, 0.3) is 11.0 Å². The Morgan fingerprint density at radius 2 is 1.84 bits per heavy atom. The van der Waals surface area contributed by atoms with E-state index in [1.54, 1.807) is 12.1 Å². The molecule has 4 aromatic rings. The Morgan fingerprint density at radius 1 is 1.06 bits per heavy atom. The average Bonchev–Trinajstić information content (AvgIpc) is 3.33. The van der Waals surface area contributed by atoms with Crippen LogP contribution >= 0.6 is 11.6 Å². The lowest BCUT2D eigenvalue weighted by Crippen LogP contribution is -2.25. The van der Waals surface area contributed by atoms with E-state index in [-0.39, 0.29) is 24.2 Å². The zero-order valence-electron chi connectivity index (χ0n) is 18.0. The van der Waals surface area contributed by atoms with Gasteiger partial charge in [0.1, 0.15) is 11.6 Å². The van der Waals surface area contributed by atoms with Crippen LogP contribution in [0, 0.1) is 19.7 Å². The van der Waals surface area contributed by atoms with Crippen LogP contribution in [-0.4, -0.2) is 22.0 Å². The second kappa shape index (κ2) is 8.06. The maximum absolute atomic E-state index is 14.6. The summed E-state index contributed by atoms with van der Waals surface area (Å²) < 4.78 is 16.6. The van der Waals surface area contributed by atoms with Crippen LogP contribution in [-0.2, 0) is 11.3 Å². The number of hydrogen-bond donors (Lipinski definition) is 0. The van der Waals surface area contributed by atoms with Gasteiger partial charge < -0.3 is 9.47 Å². The van der Waals surface area contributed by atoms with Crippen molar-refractivity contribution in [1.29, 1.82) is 0 Å². The Hall–Kier alpha value is -3.18. The molecule has 32 heavy (non-hydrogen) atoms. The molecule has 0 radical (unpaired) electrons. The lowest BCUT2D eigenvalue weighted by molar-refractivity contribution is -0.117. The van der Waals surface area contributed by atoms with E-state index in [1.165, 1.54) is 6.07 Å². The second-order valence-electron chi connectivity index (χ2n) is 8.37. The third kappa shape index (κ3) is 3.47. The number of carbonyl (C=O) groups is 1. The molecule has 0 spiro atoms. The molecule has 1 unspecified atom stereocenters. The van der Waals surface area contributed by atoms with Gasteiger partial charge in [-0.05, 0) is 55.3 Å². The van der Waals surface area contributed by atoms with E-state index in [1.807, 2.05) is 52.8 Å². The first-order valence-electron chi connectivity index (χ1n) is 10.7. The molecule has 1 aliphatic heterocycles. The number of fused-ring (bicyclic) bond motifs is 1. The molecular weight excluding hydrogens is 425 g/mol. The van der Waals surface area contributed by atoms with Gasteiger partial charge in [-0.3, -0.25) is 4.79 Å². The third-order valence-corrected chi connectivity index (χ3v) is 6.77. The summed E-state index contributed by atoms with van der Waals surface area (Å²) in [6.45, 7) is 4.89. The van der Waals surface area contributed by atoms with E-state index in [0.717, 1.165) is 33.7 Å². The molecule has 2 heterocycles. The molecule has 0 N–H and O–H groups in total. The Morgan fingerprint density at radius 3 is 2.66 bits per heavy atom. The topological polar surface area (TPSA) is 38.1 Å². The van der Waals surface area contributed by atoms with Gasteiger partial charge in [0.2, 0.25) is 5.91 Å². The number of para-hydroxylation sites is 2. The fourth-order valence-corrected chi connectivity index (χ4v) is 4.78. The SMILES string of the molecule is Cc1cccc(N2CC(c3nc4ccccc4n3Cc3c(F)cccc3Cl)CC2=O)c1C. The van der Waals surface area contributed by atoms with Crippen LogP contribution in [0.1, 0.15) is 34.9 Å². The molecule has 1 amide bonds. The van der Waals surface area contributed by atoms with E-state index in [2.05, 4.69) is 13.0 Å². The van der Waals surface area contributed by atoms with Gasteiger partial charge in [0.15, 0.2) is 0 Å². The second-order valence-corrected chi connectivity index (χ2v) is 8.78. The lowest BCUT2D eigenvalue weighted by atomic mass is 10.1. The first kappa shape index (κ1) is 20.7. The molecule has 1 saturated heterocycles. The van der Waals surface area contributed by atoms with Crippen molar-refractivity contribution in [2.24, 2.45) is 0 Å². The number of amides is 1. The van der Waals surface area contributed by atoms with Gasteiger partial charge in [-0.2, -0.15) is 0 Å². The maximum atomic E-state index is 14.6. The van der Waals surface area contributed by atoms with Crippen molar-refractivity contribution >= 4 is 34.2 Å². The van der Waals surface area contributed by atoms with Gasteiger partial charge in [0.05, 0.1) is 17.6 Å². The summed E-state index contributed by atoms with van der Waals surface area (Å²) >= 11 is 6.33. The highest BCUT2D eigenvalue weighted by Gasteiger charge is 2.35. The van der Waals surface area contributed by atoms with Crippen molar-refractivity contribution in [2.45, 2.75) is 32.7 Å². The fourth-order valence-electron chi connectivity index (χ4n) is 4.55. The van der Waals surface area contributed by atoms with E-state index >= 15 is 0 Å². The van der Waals surface area contributed by atoms with Crippen molar-refractivity contribution in [3.63, 3.8) is 0 Å². The van der Waals surface area contributed by atoms with Gasteiger partial charge in [-0.15, -0.1) is 0 Å². The molecule has 0 aliphatic carbocycles. The molecule has 0 saturated carbocycles. The van der Waals surface area contributed by atoms with Gasteiger partial charge in [0, 0.05) is 35.2 Å². The largest absolute Gasteiger partial charge is 0.323 e. The quantitative estimate of drug-likeness (QED) is 0.384. The molecule has 1 aromatic heterocycles. The van der Waals surface area contributed by atoms with Crippen LogP contribution in [0.5, 0.6) is 0 Å². The highest BCUT2D eigenvalue weighted by molar-refractivity contribution is 6.31. The minimum atomic E-state index is -0.347. The van der Waals surface area contributed by atoms with E-state index in [9.17, 15) is 9.18 Å². The molecule has 1 fully saturated rings. The Kier molecular flexibility index (Phi) is 5.22. The number of anilines is 1. The Labute approximate surface area is 191 Å². The number of halogens is 2. The zero-order valence-corrected chi connectivity index (χ0v) is 18.7. The van der Waals surface area contributed by atoms with Crippen LogP contribution in [0.2, 0.25) is 5.02 Å². The van der Waals surface area contributed by atoms with Crippen molar-refractivity contribution in [2.75, 3.05) is 11.4 Å². The summed E-state index contributed by atoms with van der Waals surface area (Å²) in [5, 5.41) is 0.383. The monoisotopic (exact) mass is 447 g/mol. The first-order valence-corrected chi connectivity index (χ1v) is 11.1. The summed E-state index contributed by atoms with van der Waals surface area (Å²) in [4.78, 5) is 19.7. The van der Waals surface area contributed by atoms with Crippen LogP contribution in [0.15, 0.2) is 60.7 Å². The predicted octanol–water partition coefficient (Wildman–Crippen LogP) is 6.01. The minimum Gasteiger partial charge on any atom is -0.323 e. The fraction of sp³-hybridized carbons (Fsp3) is 0.231. The third-order valence-electron chi connectivity index (χ3n) is 6.42. The van der Waals surface area contributed by atoms with Crippen LogP contribution < -0.4 is 4.90 Å². The van der Waals surface area contributed by atoms with E-state index in [4.69, 9.17) is 16.6 Å². The summed E-state index contributed by atoms with van der Waals surface area (Å²) in [5.41, 5.74) is 5.35. The van der Waals surface area contributed by atoms with E-state index < -0.39 is 0 Å².